The SMILES string of the molecule is Cc1cc(C)c(C(O)c2ccc(OC(F)F)cc2)cc1C. The van der Waals surface area contributed by atoms with Gasteiger partial charge in [0, 0.05) is 0 Å². The Balaban J connectivity index is 2.27. The summed E-state index contributed by atoms with van der Waals surface area (Å²) < 4.78 is 28.5. The topological polar surface area (TPSA) is 29.5 Å². The highest BCUT2D eigenvalue weighted by Crippen LogP contribution is 2.28. The molecule has 2 nitrogen and oxygen atoms in total. The van der Waals surface area contributed by atoms with E-state index < -0.39 is 12.7 Å². The van der Waals surface area contributed by atoms with Crippen molar-refractivity contribution in [3.63, 3.8) is 0 Å². The summed E-state index contributed by atoms with van der Waals surface area (Å²) in [6, 6.07) is 10.0. The van der Waals surface area contributed by atoms with Crippen molar-refractivity contribution in [2.45, 2.75) is 33.5 Å². The number of aryl methyl sites for hydroxylation is 3. The first-order valence-electron chi connectivity index (χ1n) is 6.69. The molecule has 0 aliphatic carbocycles. The first-order chi connectivity index (χ1) is 9.88. The fourth-order valence-electron chi connectivity index (χ4n) is 2.29. The minimum Gasteiger partial charge on any atom is -0.435 e. The first-order valence-corrected chi connectivity index (χ1v) is 6.69. The van der Waals surface area contributed by atoms with Crippen LogP contribution in [0.25, 0.3) is 0 Å². The second kappa shape index (κ2) is 6.22. The Morgan fingerprint density at radius 2 is 1.48 bits per heavy atom. The number of aliphatic hydroxyl groups is 1. The van der Waals surface area contributed by atoms with Crippen LogP contribution in [0.15, 0.2) is 36.4 Å². The highest BCUT2D eigenvalue weighted by molar-refractivity contribution is 5.42. The number of hydrogen-bond donors (Lipinski definition) is 1. The largest absolute Gasteiger partial charge is 0.435 e. The zero-order chi connectivity index (χ0) is 15.6. The third-order valence-corrected chi connectivity index (χ3v) is 3.60. The summed E-state index contributed by atoms with van der Waals surface area (Å²) in [6.45, 7) is 3.11. The van der Waals surface area contributed by atoms with Gasteiger partial charge in [0.15, 0.2) is 0 Å². The molecular formula is C17H18F2O2. The maximum atomic E-state index is 12.1. The predicted molar refractivity (Wildman–Crippen MR) is 77.8 cm³/mol. The molecule has 112 valence electrons. The quantitative estimate of drug-likeness (QED) is 0.910. The normalized spacial score (nSPS) is 12.5. The number of ether oxygens (including phenoxy) is 1. The lowest BCUT2D eigenvalue weighted by molar-refractivity contribution is -0.0498. The number of aliphatic hydroxyl groups excluding tert-OH is 1. The second-order valence-electron chi connectivity index (χ2n) is 5.14. The number of alkyl halides is 2. The van der Waals surface area contributed by atoms with E-state index in [0.717, 1.165) is 16.7 Å². The van der Waals surface area contributed by atoms with Gasteiger partial charge in [0.2, 0.25) is 0 Å². The lowest BCUT2D eigenvalue weighted by Gasteiger charge is -2.17. The van der Waals surface area contributed by atoms with E-state index in [-0.39, 0.29) is 5.75 Å². The highest BCUT2D eigenvalue weighted by atomic mass is 19.3. The van der Waals surface area contributed by atoms with E-state index in [9.17, 15) is 13.9 Å². The van der Waals surface area contributed by atoms with E-state index in [4.69, 9.17) is 0 Å². The first kappa shape index (κ1) is 15.4. The Morgan fingerprint density at radius 3 is 2.05 bits per heavy atom. The molecule has 2 aromatic rings. The number of halogens is 2. The van der Waals surface area contributed by atoms with Crippen molar-refractivity contribution in [3.8, 4) is 5.75 Å². The Kier molecular flexibility index (Phi) is 4.58. The zero-order valence-corrected chi connectivity index (χ0v) is 12.2. The molecule has 2 aromatic carbocycles. The third kappa shape index (κ3) is 3.58. The highest BCUT2D eigenvalue weighted by Gasteiger charge is 2.14. The average molecular weight is 292 g/mol. The van der Waals surface area contributed by atoms with E-state index in [1.54, 1.807) is 12.1 Å². The summed E-state index contributed by atoms with van der Waals surface area (Å²) in [5, 5.41) is 10.5. The molecule has 0 aromatic heterocycles. The molecule has 1 atom stereocenters. The van der Waals surface area contributed by atoms with Gasteiger partial charge in [-0.25, -0.2) is 0 Å². The minimum absolute atomic E-state index is 0.0813. The molecule has 0 aliphatic rings. The maximum absolute atomic E-state index is 12.1. The van der Waals surface area contributed by atoms with Crippen molar-refractivity contribution in [2.24, 2.45) is 0 Å². The van der Waals surface area contributed by atoms with E-state index >= 15 is 0 Å². The summed E-state index contributed by atoms with van der Waals surface area (Å²) in [4.78, 5) is 0. The van der Waals surface area contributed by atoms with E-state index in [2.05, 4.69) is 4.74 Å². The Labute approximate surface area is 123 Å². The number of benzene rings is 2. The maximum Gasteiger partial charge on any atom is 0.387 e. The molecule has 0 aliphatic heterocycles. The third-order valence-electron chi connectivity index (χ3n) is 3.60. The molecule has 1 N–H and O–H groups in total. The summed E-state index contributed by atoms with van der Waals surface area (Å²) >= 11 is 0. The van der Waals surface area contributed by atoms with Gasteiger partial charge in [-0.1, -0.05) is 24.3 Å². The summed E-state index contributed by atoms with van der Waals surface area (Å²) in [5.74, 6) is 0.0813. The molecule has 0 fully saturated rings. The van der Waals surface area contributed by atoms with Gasteiger partial charge in [-0.2, -0.15) is 8.78 Å². The standard InChI is InChI=1S/C17H18F2O2/c1-10-8-12(3)15(9-11(10)2)16(20)13-4-6-14(7-5-13)21-17(18)19/h4-9,16-17,20H,1-3H3. The van der Waals surface area contributed by atoms with Crippen LogP contribution in [-0.4, -0.2) is 11.7 Å². The van der Waals surface area contributed by atoms with Crippen molar-refractivity contribution in [2.75, 3.05) is 0 Å². The summed E-state index contributed by atoms with van der Waals surface area (Å²) in [7, 11) is 0. The Bertz CT molecular complexity index is 621. The van der Waals surface area contributed by atoms with Gasteiger partial charge in [-0.05, 0) is 60.7 Å². The zero-order valence-electron chi connectivity index (χ0n) is 12.2. The van der Waals surface area contributed by atoms with Crippen LogP contribution in [0.2, 0.25) is 0 Å². The van der Waals surface area contributed by atoms with Crippen LogP contribution in [-0.2, 0) is 0 Å². The summed E-state index contributed by atoms with van der Waals surface area (Å²) in [6.07, 6.45) is -0.787. The average Bonchev–Trinajstić information content (AvgIpc) is 2.42. The van der Waals surface area contributed by atoms with Crippen molar-refractivity contribution in [3.05, 3.63) is 64.2 Å². The summed E-state index contributed by atoms with van der Waals surface area (Å²) in [5.41, 5.74) is 4.73. The molecule has 0 saturated heterocycles. The van der Waals surface area contributed by atoms with Crippen molar-refractivity contribution < 1.29 is 18.6 Å². The molecule has 0 saturated carbocycles. The van der Waals surface area contributed by atoms with Gasteiger partial charge >= 0.3 is 6.61 Å². The van der Waals surface area contributed by atoms with E-state index in [1.807, 2.05) is 32.9 Å². The molecule has 21 heavy (non-hydrogen) atoms. The van der Waals surface area contributed by atoms with Gasteiger partial charge in [-0.15, -0.1) is 0 Å². The second-order valence-corrected chi connectivity index (χ2v) is 5.14. The van der Waals surface area contributed by atoms with Crippen LogP contribution in [0.4, 0.5) is 8.78 Å². The smallest absolute Gasteiger partial charge is 0.387 e. The van der Waals surface area contributed by atoms with Crippen molar-refractivity contribution in [1.29, 1.82) is 0 Å². The monoisotopic (exact) mass is 292 g/mol. The Morgan fingerprint density at radius 1 is 0.905 bits per heavy atom. The molecule has 0 spiro atoms. The Hall–Kier alpha value is -1.94. The molecular weight excluding hydrogens is 274 g/mol. The molecule has 0 amide bonds. The predicted octanol–water partition coefficient (Wildman–Crippen LogP) is 4.29. The minimum atomic E-state index is -2.84. The van der Waals surface area contributed by atoms with Crippen molar-refractivity contribution in [1.82, 2.24) is 0 Å². The van der Waals surface area contributed by atoms with Crippen LogP contribution in [0, 0.1) is 20.8 Å². The van der Waals surface area contributed by atoms with Gasteiger partial charge < -0.3 is 9.84 Å². The molecule has 1 unspecified atom stereocenters. The van der Waals surface area contributed by atoms with E-state index in [0.29, 0.717) is 5.56 Å². The fraction of sp³-hybridized carbons (Fsp3) is 0.294. The fourth-order valence-corrected chi connectivity index (χ4v) is 2.29. The molecule has 2 rings (SSSR count). The van der Waals surface area contributed by atoms with Crippen LogP contribution in [0.1, 0.15) is 33.9 Å². The number of hydrogen-bond acceptors (Lipinski definition) is 2. The molecule has 4 heteroatoms. The van der Waals surface area contributed by atoms with Crippen LogP contribution < -0.4 is 4.74 Å². The number of rotatable bonds is 4. The molecule has 0 bridgehead atoms. The molecule has 0 radical (unpaired) electrons. The van der Waals surface area contributed by atoms with E-state index in [1.165, 1.54) is 17.7 Å². The van der Waals surface area contributed by atoms with Gasteiger partial charge in [0.05, 0.1) is 0 Å². The van der Waals surface area contributed by atoms with Gasteiger partial charge in [0.25, 0.3) is 0 Å². The van der Waals surface area contributed by atoms with Crippen LogP contribution >= 0.6 is 0 Å². The van der Waals surface area contributed by atoms with Gasteiger partial charge in [0.1, 0.15) is 11.9 Å². The van der Waals surface area contributed by atoms with Gasteiger partial charge in [-0.3, -0.25) is 0 Å². The lowest BCUT2D eigenvalue weighted by Crippen LogP contribution is -2.05. The van der Waals surface area contributed by atoms with Crippen LogP contribution in [0.3, 0.4) is 0 Å². The van der Waals surface area contributed by atoms with Crippen molar-refractivity contribution >= 4 is 0 Å². The van der Waals surface area contributed by atoms with Crippen LogP contribution in [0.5, 0.6) is 5.75 Å². The molecule has 0 heterocycles. The lowest BCUT2D eigenvalue weighted by atomic mass is 9.93.